The Labute approximate surface area is 120 Å². The highest BCUT2D eigenvalue weighted by molar-refractivity contribution is 6.31. The van der Waals surface area contributed by atoms with Crippen molar-refractivity contribution >= 4 is 23.2 Å². The summed E-state index contributed by atoms with van der Waals surface area (Å²) in [7, 11) is 0. The zero-order valence-electron chi connectivity index (χ0n) is 10.1. The number of hydrogen-bond donors (Lipinski definition) is 0. The van der Waals surface area contributed by atoms with Crippen molar-refractivity contribution in [2.45, 2.75) is 25.7 Å². The fourth-order valence-electron chi connectivity index (χ4n) is 2.23. The smallest absolute Gasteiger partial charge is 0.327 e. The summed E-state index contributed by atoms with van der Waals surface area (Å²) in [6, 6.07) is 6.14. The number of fused-ring (bicyclic) bond motifs is 1. The minimum absolute atomic E-state index is 0.0213. The summed E-state index contributed by atoms with van der Waals surface area (Å²) in [5, 5.41) is 0.0425. The average molecular weight is 296 g/mol. The van der Waals surface area contributed by atoms with Crippen molar-refractivity contribution in [2.75, 3.05) is 0 Å². The van der Waals surface area contributed by atoms with Crippen LogP contribution in [0.3, 0.4) is 0 Å². The first-order valence-electron chi connectivity index (χ1n) is 6.07. The highest BCUT2D eigenvalue weighted by Gasteiger charge is 2.11. The molecule has 1 aliphatic rings. The van der Waals surface area contributed by atoms with E-state index >= 15 is 0 Å². The molecule has 19 heavy (non-hydrogen) atoms. The predicted octanol–water partition coefficient (Wildman–Crippen LogP) is 3.85. The SMILES string of the molecule is Clc1nc(Cl)nc(Oc2ccc3c(c2)CCCC3)n1. The lowest BCUT2D eigenvalue weighted by Gasteiger charge is -2.16. The molecule has 0 N–H and O–H groups in total. The molecule has 0 radical (unpaired) electrons. The highest BCUT2D eigenvalue weighted by Crippen LogP contribution is 2.27. The van der Waals surface area contributed by atoms with Gasteiger partial charge in [-0.1, -0.05) is 6.07 Å². The summed E-state index contributed by atoms with van der Waals surface area (Å²) in [5.41, 5.74) is 2.72. The molecule has 0 amide bonds. The molecular formula is C13H11Cl2N3O. The van der Waals surface area contributed by atoms with Crippen LogP contribution in [-0.2, 0) is 12.8 Å². The lowest BCUT2D eigenvalue weighted by Crippen LogP contribution is -2.03. The van der Waals surface area contributed by atoms with Gasteiger partial charge in [-0.3, -0.25) is 0 Å². The molecule has 2 aromatic rings. The van der Waals surface area contributed by atoms with Gasteiger partial charge in [0.1, 0.15) is 5.75 Å². The van der Waals surface area contributed by atoms with Crippen molar-refractivity contribution in [3.63, 3.8) is 0 Å². The van der Waals surface area contributed by atoms with Gasteiger partial charge in [0.15, 0.2) is 0 Å². The molecule has 0 bridgehead atoms. The van der Waals surface area contributed by atoms with E-state index in [0.717, 1.165) is 12.8 Å². The molecule has 4 nitrogen and oxygen atoms in total. The van der Waals surface area contributed by atoms with Crippen molar-refractivity contribution in [2.24, 2.45) is 0 Å². The van der Waals surface area contributed by atoms with Crippen LogP contribution in [0.4, 0.5) is 0 Å². The van der Waals surface area contributed by atoms with Crippen LogP contribution in [0.25, 0.3) is 0 Å². The normalized spacial score (nSPS) is 14.0. The number of hydrogen-bond acceptors (Lipinski definition) is 4. The Morgan fingerprint density at radius 3 is 2.32 bits per heavy atom. The molecule has 0 atom stereocenters. The minimum Gasteiger partial charge on any atom is -0.424 e. The second-order valence-electron chi connectivity index (χ2n) is 4.40. The van der Waals surface area contributed by atoms with Crippen molar-refractivity contribution < 1.29 is 4.74 Å². The number of halogens is 2. The molecule has 0 saturated carbocycles. The van der Waals surface area contributed by atoms with E-state index in [2.05, 4.69) is 21.0 Å². The molecule has 0 spiro atoms. The second-order valence-corrected chi connectivity index (χ2v) is 5.07. The maximum absolute atomic E-state index is 5.71. The van der Waals surface area contributed by atoms with Gasteiger partial charge in [0.25, 0.3) is 0 Å². The molecule has 1 heterocycles. The van der Waals surface area contributed by atoms with Gasteiger partial charge in [-0.2, -0.15) is 15.0 Å². The van der Waals surface area contributed by atoms with Gasteiger partial charge in [-0.25, -0.2) is 0 Å². The van der Waals surface area contributed by atoms with Crippen LogP contribution in [0, 0.1) is 0 Å². The first-order valence-corrected chi connectivity index (χ1v) is 6.83. The quantitative estimate of drug-likeness (QED) is 0.844. The number of aromatic nitrogens is 3. The van der Waals surface area contributed by atoms with E-state index in [0.29, 0.717) is 5.75 Å². The Morgan fingerprint density at radius 2 is 1.58 bits per heavy atom. The first kappa shape index (κ1) is 12.6. The maximum atomic E-state index is 5.71. The highest BCUT2D eigenvalue weighted by atomic mass is 35.5. The van der Waals surface area contributed by atoms with Crippen molar-refractivity contribution in [3.8, 4) is 11.8 Å². The average Bonchev–Trinajstić information content (AvgIpc) is 2.37. The van der Waals surface area contributed by atoms with Crippen LogP contribution >= 0.6 is 23.2 Å². The fraction of sp³-hybridized carbons (Fsp3) is 0.308. The van der Waals surface area contributed by atoms with Crippen LogP contribution in [0.2, 0.25) is 10.6 Å². The Bertz CT molecular complexity index is 599. The summed E-state index contributed by atoms with van der Waals surface area (Å²) >= 11 is 11.4. The van der Waals surface area contributed by atoms with Crippen molar-refractivity contribution in [1.29, 1.82) is 0 Å². The first-order chi connectivity index (χ1) is 9.20. The number of benzene rings is 1. The van der Waals surface area contributed by atoms with E-state index in [1.54, 1.807) is 0 Å². The van der Waals surface area contributed by atoms with Crippen LogP contribution in [-0.4, -0.2) is 15.0 Å². The topological polar surface area (TPSA) is 47.9 Å². The zero-order chi connectivity index (χ0) is 13.2. The van der Waals surface area contributed by atoms with Gasteiger partial charge >= 0.3 is 6.01 Å². The predicted molar refractivity (Wildman–Crippen MR) is 73.0 cm³/mol. The maximum Gasteiger partial charge on any atom is 0.327 e. The van der Waals surface area contributed by atoms with Crippen molar-refractivity contribution in [3.05, 3.63) is 39.9 Å². The van der Waals surface area contributed by atoms with E-state index < -0.39 is 0 Å². The number of nitrogens with zero attached hydrogens (tertiary/aromatic N) is 3. The number of ether oxygens (including phenoxy) is 1. The Kier molecular flexibility index (Phi) is 3.53. The van der Waals surface area contributed by atoms with Crippen LogP contribution in [0.1, 0.15) is 24.0 Å². The minimum atomic E-state index is 0.0213. The molecular weight excluding hydrogens is 285 g/mol. The van der Waals surface area contributed by atoms with Gasteiger partial charge in [0, 0.05) is 0 Å². The Morgan fingerprint density at radius 1 is 0.895 bits per heavy atom. The van der Waals surface area contributed by atoms with Gasteiger partial charge in [-0.05, 0) is 72.1 Å². The summed E-state index contributed by atoms with van der Waals surface area (Å²) in [6.45, 7) is 0. The van der Waals surface area contributed by atoms with Crippen LogP contribution in [0.5, 0.6) is 11.8 Å². The largest absolute Gasteiger partial charge is 0.424 e. The molecule has 3 rings (SSSR count). The third-order valence-corrected chi connectivity index (χ3v) is 3.43. The summed E-state index contributed by atoms with van der Waals surface area (Å²) < 4.78 is 5.57. The van der Waals surface area contributed by atoms with E-state index in [4.69, 9.17) is 27.9 Å². The summed E-state index contributed by atoms with van der Waals surface area (Å²) in [5.74, 6) is 0.694. The molecule has 0 saturated heterocycles. The van der Waals surface area contributed by atoms with Crippen molar-refractivity contribution in [1.82, 2.24) is 15.0 Å². The second kappa shape index (κ2) is 5.31. The van der Waals surface area contributed by atoms with Gasteiger partial charge in [0.05, 0.1) is 0 Å². The third kappa shape index (κ3) is 2.96. The molecule has 1 aliphatic carbocycles. The van der Waals surface area contributed by atoms with E-state index in [9.17, 15) is 0 Å². The standard InChI is InChI=1S/C13H11Cl2N3O/c14-11-16-12(15)18-13(17-11)19-10-6-5-8-3-1-2-4-9(8)7-10/h5-7H,1-4H2. The molecule has 0 fully saturated rings. The lowest BCUT2D eigenvalue weighted by atomic mass is 9.92. The third-order valence-electron chi connectivity index (χ3n) is 3.09. The molecule has 1 aromatic carbocycles. The number of rotatable bonds is 2. The van der Waals surface area contributed by atoms with E-state index in [1.807, 2.05) is 12.1 Å². The molecule has 0 unspecified atom stereocenters. The molecule has 0 aliphatic heterocycles. The number of aryl methyl sites for hydroxylation is 2. The fourth-order valence-corrected chi connectivity index (χ4v) is 2.58. The molecule has 6 heteroatoms. The Balaban J connectivity index is 1.86. The Hall–Kier alpha value is -1.39. The van der Waals surface area contributed by atoms with Crippen LogP contribution in [0.15, 0.2) is 18.2 Å². The van der Waals surface area contributed by atoms with Gasteiger partial charge in [0.2, 0.25) is 10.6 Å². The monoisotopic (exact) mass is 295 g/mol. The molecule has 98 valence electrons. The molecule has 1 aromatic heterocycles. The zero-order valence-corrected chi connectivity index (χ0v) is 11.6. The van der Waals surface area contributed by atoms with E-state index in [-0.39, 0.29) is 16.6 Å². The van der Waals surface area contributed by atoms with Crippen LogP contribution < -0.4 is 4.74 Å². The van der Waals surface area contributed by atoms with E-state index in [1.165, 1.54) is 24.0 Å². The van der Waals surface area contributed by atoms with Gasteiger partial charge < -0.3 is 4.74 Å². The summed E-state index contributed by atoms with van der Waals surface area (Å²) in [6.07, 6.45) is 4.70. The lowest BCUT2D eigenvalue weighted by molar-refractivity contribution is 0.438. The summed E-state index contributed by atoms with van der Waals surface area (Å²) in [4.78, 5) is 11.4. The van der Waals surface area contributed by atoms with Gasteiger partial charge in [-0.15, -0.1) is 0 Å².